The normalized spacial score (nSPS) is 19.1. The maximum Gasteiger partial charge on any atom is 0.248 e. The topological polar surface area (TPSA) is 82.6 Å². The lowest BCUT2D eigenvalue weighted by molar-refractivity contribution is -0.138. The van der Waals surface area contributed by atoms with Crippen molar-refractivity contribution in [1.82, 2.24) is 19.0 Å². The summed E-state index contributed by atoms with van der Waals surface area (Å²) in [6.07, 6.45) is 2.39. The van der Waals surface area contributed by atoms with Crippen molar-refractivity contribution in [1.29, 1.82) is 0 Å². The zero-order chi connectivity index (χ0) is 24.9. The van der Waals surface area contributed by atoms with Crippen LogP contribution in [0.5, 0.6) is 5.75 Å². The molecule has 0 unspecified atom stereocenters. The molecule has 1 amide bonds. The molecule has 0 N–H and O–H groups in total. The van der Waals surface area contributed by atoms with Crippen LogP contribution in [-0.2, 0) is 19.6 Å². The Hall–Kier alpha value is -1.72. The number of likely N-dealkylation sites (N-methyl/N-ethyl adjacent to an activating group) is 1. The highest BCUT2D eigenvalue weighted by Crippen LogP contribution is 2.27. The van der Waals surface area contributed by atoms with Gasteiger partial charge in [0.15, 0.2) is 0 Å². The van der Waals surface area contributed by atoms with Gasteiger partial charge in [0.25, 0.3) is 0 Å². The van der Waals surface area contributed by atoms with E-state index in [1.54, 1.807) is 33.1 Å². The fraction of sp³-hybridized carbons (Fsp3) is 0.708. The number of piperidine rings is 1. The van der Waals surface area contributed by atoms with Crippen molar-refractivity contribution in [2.24, 2.45) is 0 Å². The van der Waals surface area contributed by atoms with Crippen LogP contribution in [0.2, 0.25) is 0 Å². The molecule has 0 atom stereocenters. The minimum atomic E-state index is -3.67. The van der Waals surface area contributed by atoms with Gasteiger partial charge in [-0.15, -0.1) is 0 Å². The Morgan fingerprint density at radius 2 is 1.65 bits per heavy atom. The van der Waals surface area contributed by atoms with Crippen LogP contribution >= 0.6 is 0 Å². The summed E-state index contributed by atoms with van der Waals surface area (Å²) in [5.74, 6) is 0.598. The molecule has 9 nitrogen and oxygen atoms in total. The molecule has 2 saturated heterocycles. The largest absolute Gasteiger partial charge is 0.497 e. The van der Waals surface area contributed by atoms with E-state index in [4.69, 9.17) is 9.47 Å². The summed E-state index contributed by atoms with van der Waals surface area (Å²) >= 11 is 0. The smallest absolute Gasteiger partial charge is 0.248 e. The van der Waals surface area contributed by atoms with E-state index >= 15 is 0 Å². The molecule has 3 rings (SSSR count). The van der Waals surface area contributed by atoms with Crippen LogP contribution in [-0.4, -0.2) is 120 Å². The van der Waals surface area contributed by atoms with E-state index in [0.717, 1.165) is 39.3 Å². The second-order valence-electron chi connectivity index (χ2n) is 9.42. The highest BCUT2D eigenvalue weighted by molar-refractivity contribution is 7.89. The molecule has 1 aromatic rings. The molecule has 2 fully saturated rings. The molecule has 0 spiro atoms. The summed E-state index contributed by atoms with van der Waals surface area (Å²) in [7, 11) is 1.59. The SMILES string of the molecule is COc1cc(C)c(S(=O)(=O)N(C)CCOCC(=O)N2CCN(C3CCN(C)CC3)CC2)c(C)c1. The molecule has 1 aromatic carbocycles. The third-order valence-electron chi connectivity index (χ3n) is 6.99. The lowest BCUT2D eigenvalue weighted by Gasteiger charge is -2.42. The average molecular weight is 497 g/mol. The standard InChI is InChI=1S/C24H40N4O5S/c1-19-16-22(32-5)17-20(2)24(19)34(30,31)26(4)14-15-33-18-23(29)28-12-10-27(11-13-28)21-6-8-25(3)9-7-21/h16-17,21H,6-15,18H2,1-5H3. The Morgan fingerprint density at radius 3 is 2.21 bits per heavy atom. The second-order valence-corrected chi connectivity index (χ2v) is 11.4. The van der Waals surface area contributed by atoms with Gasteiger partial charge in [-0.2, -0.15) is 4.31 Å². The Balaban J connectivity index is 1.42. The Kier molecular flexibility index (Phi) is 9.34. The first kappa shape index (κ1) is 26.9. The first-order valence-corrected chi connectivity index (χ1v) is 13.5. The van der Waals surface area contributed by atoms with E-state index in [0.29, 0.717) is 22.9 Å². The predicted octanol–water partition coefficient (Wildman–Crippen LogP) is 1.19. The number of ether oxygens (including phenoxy) is 2. The Labute approximate surface area is 204 Å². The molecule has 0 aliphatic carbocycles. The molecule has 34 heavy (non-hydrogen) atoms. The number of benzene rings is 1. The van der Waals surface area contributed by atoms with Crippen molar-refractivity contribution in [2.75, 3.05) is 80.2 Å². The van der Waals surface area contributed by atoms with E-state index in [1.165, 1.54) is 24.2 Å². The predicted molar refractivity (Wildman–Crippen MR) is 132 cm³/mol. The van der Waals surface area contributed by atoms with Crippen LogP contribution in [0.15, 0.2) is 17.0 Å². The van der Waals surface area contributed by atoms with Gasteiger partial charge >= 0.3 is 0 Å². The Bertz CT molecular complexity index is 916. The second kappa shape index (κ2) is 11.8. The molecule has 192 valence electrons. The van der Waals surface area contributed by atoms with E-state index in [2.05, 4.69) is 16.8 Å². The number of piperazine rings is 1. The minimum absolute atomic E-state index is 0.0251. The third-order valence-corrected chi connectivity index (χ3v) is 9.15. The van der Waals surface area contributed by atoms with Crippen LogP contribution in [0.1, 0.15) is 24.0 Å². The summed E-state index contributed by atoms with van der Waals surface area (Å²) in [5, 5.41) is 0. The van der Waals surface area contributed by atoms with Gasteiger partial charge in [-0.05, 0) is 70.1 Å². The molecular formula is C24H40N4O5S. The molecule has 0 bridgehead atoms. The molecule has 10 heteroatoms. The van der Waals surface area contributed by atoms with Crippen LogP contribution in [0.3, 0.4) is 0 Å². The molecule has 0 saturated carbocycles. The fourth-order valence-corrected chi connectivity index (χ4v) is 6.41. The van der Waals surface area contributed by atoms with Gasteiger partial charge in [-0.3, -0.25) is 9.69 Å². The first-order valence-electron chi connectivity index (χ1n) is 12.0. The number of sulfonamides is 1. The van der Waals surface area contributed by atoms with Gasteiger partial charge in [0, 0.05) is 45.8 Å². The summed E-state index contributed by atoms with van der Waals surface area (Å²) in [5.41, 5.74) is 1.28. The van der Waals surface area contributed by atoms with Crippen molar-refractivity contribution >= 4 is 15.9 Å². The summed E-state index contributed by atoms with van der Waals surface area (Å²) < 4.78 is 38.2. The number of rotatable bonds is 9. The summed E-state index contributed by atoms with van der Waals surface area (Å²) in [6.45, 7) is 9.36. The highest BCUT2D eigenvalue weighted by Gasteiger charge is 2.28. The van der Waals surface area contributed by atoms with Crippen molar-refractivity contribution in [3.63, 3.8) is 0 Å². The maximum absolute atomic E-state index is 13.1. The van der Waals surface area contributed by atoms with Crippen molar-refractivity contribution < 1.29 is 22.7 Å². The van der Waals surface area contributed by atoms with Crippen LogP contribution in [0, 0.1) is 13.8 Å². The molecule has 2 heterocycles. The third kappa shape index (κ3) is 6.48. The highest BCUT2D eigenvalue weighted by atomic mass is 32.2. The van der Waals surface area contributed by atoms with Gasteiger partial charge in [0.2, 0.25) is 15.9 Å². The van der Waals surface area contributed by atoms with Crippen molar-refractivity contribution in [3.05, 3.63) is 23.3 Å². The van der Waals surface area contributed by atoms with Gasteiger partial charge in [0.1, 0.15) is 12.4 Å². The number of amides is 1. The average Bonchev–Trinajstić information content (AvgIpc) is 2.81. The number of nitrogens with zero attached hydrogens (tertiary/aromatic N) is 4. The number of hydrogen-bond acceptors (Lipinski definition) is 7. The number of likely N-dealkylation sites (tertiary alicyclic amines) is 1. The molecule has 0 radical (unpaired) electrons. The quantitative estimate of drug-likeness (QED) is 0.475. The fourth-order valence-electron chi connectivity index (χ4n) is 4.85. The van der Waals surface area contributed by atoms with Crippen molar-refractivity contribution in [2.45, 2.75) is 37.6 Å². The lowest BCUT2D eigenvalue weighted by Crippen LogP contribution is -2.54. The number of hydrogen-bond donors (Lipinski definition) is 0. The zero-order valence-electron chi connectivity index (χ0n) is 21.2. The van der Waals surface area contributed by atoms with E-state index < -0.39 is 10.0 Å². The Morgan fingerprint density at radius 1 is 1.06 bits per heavy atom. The number of carbonyl (C=O) groups is 1. The van der Waals surface area contributed by atoms with Crippen LogP contribution < -0.4 is 4.74 Å². The number of methoxy groups -OCH3 is 1. The maximum atomic E-state index is 13.1. The van der Waals surface area contributed by atoms with Gasteiger partial charge < -0.3 is 19.3 Å². The first-order chi connectivity index (χ1) is 16.1. The van der Waals surface area contributed by atoms with E-state index in [9.17, 15) is 13.2 Å². The van der Waals surface area contributed by atoms with Crippen LogP contribution in [0.25, 0.3) is 0 Å². The molecule has 2 aliphatic heterocycles. The molecule has 0 aromatic heterocycles. The van der Waals surface area contributed by atoms with Gasteiger partial charge in [-0.1, -0.05) is 0 Å². The van der Waals surface area contributed by atoms with E-state index in [1.807, 2.05) is 4.90 Å². The lowest BCUT2D eigenvalue weighted by atomic mass is 10.0. The monoisotopic (exact) mass is 496 g/mol. The minimum Gasteiger partial charge on any atom is -0.497 e. The van der Waals surface area contributed by atoms with E-state index in [-0.39, 0.29) is 30.6 Å². The van der Waals surface area contributed by atoms with Gasteiger partial charge in [0.05, 0.1) is 18.6 Å². The number of carbonyl (C=O) groups excluding carboxylic acids is 1. The zero-order valence-corrected chi connectivity index (χ0v) is 22.1. The van der Waals surface area contributed by atoms with Crippen molar-refractivity contribution in [3.8, 4) is 5.75 Å². The summed E-state index contributed by atoms with van der Waals surface area (Å²) in [6, 6.07) is 4.06. The summed E-state index contributed by atoms with van der Waals surface area (Å²) in [4.78, 5) is 19.6. The number of aryl methyl sites for hydroxylation is 2. The van der Waals surface area contributed by atoms with Gasteiger partial charge in [-0.25, -0.2) is 8.42 Å². The molecule has 2 aliphatic rings. The molecular weight excluding hydrogens is 456 g/mol. The van der Waals surface area contributed by atoms with Crippen LogP contribution in [0.4, 0.5) is 0 Å².